The minimum Gasteiger partial charge on any atom is -0.489 e. The van der Waals surface area contributed by atoms with Crippen LogP contribution in [-0.2, 0) is 16.1 Å². The zero-order valence-corrected chi connectivity index (χ0v) is 20.0. The Bertz CT molecular complexity index is 1060. The molecule has 0 unspecified atom stereocenters. The number of carbonyl (C=O) groups is 1. The van der Waals surface area contributed by atoms with Crippen molar-refractivity contribution in [2.24, 2.45) is 0 Å². The molecule has 3 aromatic rings. The van der Waals surface area contributed by atoms with Crippen molar-refractivity contribution in [3.63, 3.8) is 0 Å². The van der Waals surface area contributed by atoms with Gasteiger partial charge in [-0.05, 0) is 55.2 Å². The van der Waals surface area contributed by atoms with Gasteiger partial charge in [0.2, 0.25) is 0 Å². The molecule has 5 heteroatoms. The Morgan fingerprint density at radius 3 is 2.56 bits per heavy atom. The van der Waals surface area contributed by atoms with E-state index in [9.17, 15) is 4.79 Å². The van der Waals surface area contributed by atoms with E-state index < -0.39 is 0 Å². The van der Waals surface area contributed by atoms with Crippen LogP contribution in [0.4, 0.5) is 0 Å². The molecule has 0 N–H and O–H groups in total. The number of hydrogen-bond donors (Lipinski definition) is 0. The molecular weight excluding hydrogens is 424 g/mol. The Hall–Kier alpha value is -3.34. The minimum atomic E-state index is -0.317. The van der Waals surface area contributed by atoms with Crippen molar-refractivity contribution in [2.75, 3.05) is 6.61 Å². The summed E-state index contributed by atoms with van der Waals surface area (Å²) >= 11 is 0. The van der Waals surface area contributed by atoms with Crippen LogP contribution in [0.3, 0.4) is 0 Å². The first-order valence-corrected chi connectivity index (χ1v) is 12.4. The van der Waals surface area contributed by atoms with Gasteiger partial charge in [0, 0.05) is 23.9 Å². The minimum absolute atomic E-state index is 0.317. The summed E-state index contributed by atoms with van der Waals surface area (Å²) in [6, 6.07) is 18.7. The Labute approximate surface area is 202 Å². The van der Waals surface area contributed by atoms with E-state index in [4.69, 9.17) is 14.5 Å². The summed E-state index contributed by atoms with van der Waals surface area (Å²) < 4.78 is 13.5. The number of ether oxygens (including phenoxy) is 2. The van der Waals surface area contributed by atoms with E-state index in [1.165, 1.54) is 25.3 Å². The van der Waals surface area contributed by atoms with Gasteiger partial charge in [-0.2, -0.15) is 0 Å². The molecule has 1 saturated carbocycles. The summed E-state index contributed by atoms with van der Waals surface area (Å²) in [7, 11) is 0. The van der Waals surface area contributed by atoms with Gasteiger partial charge in [0.15, 0.2) is 0 Å². The van der Waals surface area contributed by atoms with Gasteiger partial charge in [0.1, 0.15) is 18.2 Å². The molecule has 0 atom stereocenters. The number of carbonyl (C=O) groups excluding carboxylic acids is 1. The first-order valence-electron chi connectivity index (χ1n) is 12.4. The van der Waals surface area contributed by atoms with Crippen LogP contribution < -0.4 is 4.74 Å². The van der Waals surface area contributed by atoms with E-state index in [0.717, 1.165) is 54.1 Å². The van der Waals surface area contributed by atoms with E-state index in [-0.39, 0.29) is 5.97 Å². The molecule has 34 heavy (non-hydrogen) atoms. The van der Waals surface area contributed by atoms with Gasteiger partial charge in [-0.1, -0.05) is 62.9 Å². The predicted molar refractivity (Wildman–Crippen MR) is 135 cm³/mol. The Morgan fingerprint density at radius 2 is 1.82 bits per heavy atom. The fourth-order valence-electron chi connectivity index (χ4n) is 4.30. The molecule has 0 radical (unpaired) electrons. The number of rotatable bonds is 10. The van der Waals surface area contributed by atoms with E-state index in [1.807, 2.05) is 30.3 Å². The van der Waals surface area contributed by atoms with Gasteiger partial charge in [0.25, 0.3) is 0 Å². The number of unbranched alkanes of at least 4 members (excludes halogenated alkanes) is 1. The maximum Gasteiger partial charge on any atom is 0.330 e. The molecule has 0 spiro atoms. The normalized spacial score (nSPS) is 14.4. The molecule has 4 rings (SSSR count). The highest BCUT2D eigenvalue weighted by atomic mass is 16.5. The fourth-order valence-corrected chi connectivity index (χ4v) is 4.30. The van der Waals surface area contributed by atoms with Crippen LogP contribution in [0.2, 0.25) is 0 Å². The average molecular weight is 459 g/mol. The highest BCUT2D eigenvalue weighted by Gasteiger charge is 2.20. The first-order chi connectivity index (χ1) is 16.7. The summed E-state index contributed by atoms with van der Waals surface area (Å²) in [4.78, 5) is 16.9. The van der Waals surface area contributed by atoms with Crippen LogP contribution in [0.25, 0.3) is 17.5 Å². The third-order valence-corrected chi connectivity index (χ3v) is 6.21. The summed E-state index contributed by atoms with van der Waals surface area (Å²) in [5.74, 6) is 1.45. The maximum atomic E-state index is 12.0. The summed E-state index contributed by atoms with van der Waals surface area (Å²) in [6.45, 7) is 3.07. The van der Waals surface area contributed by atoms with Crippen LogP contribution >= 0.6 is 0 Å². The number of hydrogen-bond acceptors (Lipinski definition) is 4. The highest BCUT2D eigenvalue weighted by molar-refractivity contribution is 5.86. The number of esters is 1. The molecule has 178 valence electrons. The molecule has 1 fully saturated rings. The van der Waals surface area contributed by atoms with Crippen molar-refractivity contribution in [3.05, 3.63) is 78.1 Å². The van der Waals surface area contributed by atoms with Crippen molar-refractivity contribution in [1.29, 1.82) is 0 Å². The number of benzene rings is 2. The molecule has 0 amide bonds. The van der Waals surface area contributed by atoms with Gasteiger partial charge in [-0.15, -0.1) is 0 Å². The number of imidazole rings is 1. The molecule has 0 bridgehead atoms. The van der Waals surface area contributed by atoms with Gasteiger partial charge in [-0.3, -0.25) is 0 Å². The van der Waals surface area contributed by atoms with Crippen molar-refractivity contribution < 1.29 is 14.3 Å². The maximum absolute atomic E-state index is 12.0. The topological polar surface area (TPSA) is 53.4 Å². The van der Waals surface area contributed by atoms with E-state index >= 15 is 0 Å². The second-order valence-electron chi connectivity index (χ2n) is 8.84. The van der Waals surface area contributed by atoms with Gasteiger partial charge < -0.3 is 14.0 Å². The van der Waals surface area contributed by atoms with Crippen molar-refractivity contribution >= 4 is 12.0 Å². The van der Waals surface area contributed by atoms with E-state index in [1.54, 1.807) is 6.08 Å². The lowest BCUT2D eigenvalue weighted by molar-refractivity contribution is -0.137. The Balaban J connectivity index is 1.50. The van der Waals surface area contributed by atoms with Crippen LogP contribution in [0, 0.1) is 0 Å². The Morgan fingerprint density at radius 1 is 1.06 bits per heavy atom. The molecule has 2 aromatic carbocycles. The lowest BCUT2D eigenvalue weighted by Crippen LogP contribution is -2.13. The first kappa shape index (κ1) is 23.8. The quantitative estimate of drug-likeness (QED) is 0.187. The predicted octanol–water partition coefficient (Wildman–Crippen LogP) is 6.99. The van der Waals surface area contributed by atoms with Crippen molar-refractivity contribution in [2.45, 2.75) is 64.5 Å². The number of aromatic nitrogens is 2. The molecule has 0 aliphatic heterocycles. The van der Waals surface area contributed by atoms with Crippen molar-refractivity contribution in [3.8, 4) is 17.1 Å². The van der Waals surface area contributed by atoms with E-state index in [0.29, 0.717) is 19.3 Å². The lowest BCUT2D eigenvalue weighted by atomic mass is 9.95. The van der Waals surface area contributed by atoms with Gasteiger partial charge in [0.05, 0.1) is 12.3 Å². The average Bonchev–Trinajstić information content (AvgIpc) is 3.32. The molecule has 5 nitrogen and oxygen atoms in total. The second-order valence-corrected chi connectivity index (χ2v) is 8.84. The van der Waals surface area contributed by atoms with E-state index in [2.05, 4.69) is 42.0 Å². The molecular formula is C29H34N2O3. The molecule has 1 aromatic heterocycles. The molecule has 1 heterocycles. The van der Waals surface area contributed by atoms with Crippen LogP contribution in [0.15, 0.2) is 66.9 Å². The van der Waals surface area contributed by atoms with Gasteiger partial charge in [-0.25, -0.2) is 9.78 Å². The SMILES string of the molecule is CCCCOC(=O)/C=C/c1cn(C2CCCCC2)c(-c2ccc(OCc3ccccc3)cc2)n1. The largest absolute Gasteiger partial charge is 0.489 e. The molecule has 1 aliphatic rings. The second kappa shape index (κ2) is 12.2. The smallest absolute Gasteiger partial charge is 0.330 e. The zero-order valence-electron chi connectivity index (χ0n) is 20.0. The standard InChI is InChI=1S/C29H34N2O3/c1-2-3-20-33-28(32)19-16-25-21-31(26-12-8-5-9-13-26)29(30-25)24-14-17-27(18-15-24)34-22-23-10-6-4-7-11-23/h4,6-7,10-11,14-19,21,26H,2-3,5,8-9,12-13,20,22H2,1H3/b19-16+. The Kier molecular flexibility index (Phi) is 8.55. The van der Waals surface area contributed by atoms with Crippen molar-refractivity contribution in [1.82, 2.24) is 9.55 Å². The number of nitrogens with zero attached hydrogens (tertiary/aromatic N) is 2. The third kappa shape index (κ3) is 6.60. The fraction of sp³-hybridized carbons (Fsp3) is 0.379. The highest BCUT2D eigenvalue weighted by Crippen LogP contribution is 2.33. The van der Waals surface area contributed by atoms with Crippen LogP contribution in [0.1, 0.15) is 69.2 Å². The van der Waals surface area contributed by atoms with Gasteiger partial charge >= 0.3 is 5.97 Å². The third-order valence-electron chi connectivity index (χ3n) is 6.21. The lowest BCUT2D eigenvalue weighted by Gasteiger charge is -2.24. The summed E-state index contributed by atoms with van der Waals surface area (Å²) in [5, 5.41) is 0. The zero-order chi connectivity index (χ0) is 23.6. The van der Waals surface area contributed by atoms with Crippen LogP contribution in [-0.4, -0.2) is 22.1 Å². The molecule has 0 saturated heterocycles. The monoisotopic (exact) mass is 458 g/mol. The summed E-state index contributed by atoms with van der Waals surface area (Å²) in [6.07, 6.45) is 13.3. The van der Waals surface area contributed by atoms with Crippen LogP contribution in [0.5, 0.6) is 5.75 Å². The summed E-state index contributed by atoms with van der Waals surface area (Å²) in [5.41, 5.74) is 2.96. The molecule has 1 aliphatic carbocycles.